The van der Waals surface area contributed by atoms with Crippen LogP contribution in [0.3, 0.4) is 0 Å². The molecule has 0 heterocycles. The van der Waals surface area contributed by atoms with Crippen LogP contribution in [-0.2, 0) is 0 Å². The summed E-state index contributed by atoms with van der Waals surface area (Å²) in [5, 5.41) is 15.4. The number of amides is 1. The lowest BCUT2D eigenvalue weighted by molar-refractivity contribution is -0.385. The number of hydrogen-bond donors (Lipinski definition) is 1. The molecule has 6 heteroatoms. The van der Waals surface area contributed by atoms with Gasteiger partial charge < -0.3 is 0 Å². The summed E-state index contributed by atoms with van der Waals surface area (Å²) in [6.45, 7) is 3.69. The summed E-state index contributed by atoms with van der Waals surface area (Å²) >= 11 is 0. The standard InChI is InChI=1S/C20H25N3O3/c1-12-5-17(3-4-18(12)23(25)26)19(24)22-21-13(2)20-9-14-6-15(10-20)8-16(7-14)11-20/h3-5,14-16H,6-11H2,1-2H3,(H,22,24). The predicted octanol–water partition coefficient (Wildman–Crippen LogP) is 4.23. The number of carbonyl (C=O) groups excluding carboxylic acids is 1. The molecule has 0 atom stereocenters. The van der Waals surface area contributed by atoms with Crippen molar-refractivity contribution in [2.75, 3.05) is 0 Å². The first-order valence-electron chi connectivity index (χ1n) is 9.46. The molecule has 0 aliphatic heterocycles. The zero-order chi connectivity index (χ0) is 18.5. The molecular formula is C20H25N3O3. The fourth-order valence-corrected chi connectivity index (χ4v) is 5.87. The molecule has 1 aromatic rings. The molecule has 1 N–H and O–H groups in total. The Hall–Kier alpha value is -2.24. The minimum Gasteiger partial charge on any atom is -0.267 e. The Labute approximate surface area is 153 Å². The Morgan fingerprint density at radius 1 is 1.19 bits per heavy atom. The maximum Gasteiger partial charge on any atom is 0.272 e. The van der Waals surface area contributed by atoms with Gasteiger partial charge in [-0.1, -0.05) is 0 Å². The van der Waals surface area contributed by atoms with Crippen molar-refractivity contribution < 1.29 is 9.72 Å². The van der Waals surface area contributed by atoms with Gasteiger partial charge in [-0.25, -0.2) is 5.43 Å². The molecule has 0 spiro atoms. The van der Waals surface area contributed by atoms with Gasteiger partial charge in [-0.2, -0.15) is 5.10 Å². The lowest BCUT2D eigenvalue weighted by Gasteiger charge is -2.56. The van der Waals surface area contributed by atoms with Crippen molar-refractivity contribution in [3.63, 3.8) is 0 Å². The molecule has 4 saturated carbocycles. The maximum atomic E-state index is 12.4. The molecule has 4 bridgehead atoms. The van der Waals surface area contributed by atoms with Crippen LogP contribution in [0.15, 0.2) is 23.3 Å². The molecule has 4 aliphatic carbocycles. The van der Waals surface area contributed by atoms with Crippen LogP contribution in [0, 0.1) is 40.2 Å². The highest BCUT2D eigenvalue weighted by Gasteiger charge is 2.52. The molecule has 4 aliphatic rings. The summed E-state index contributed by atoms with van der Waals surface area (Å²) in [6, 6.07) is 4.40. The van der Waals surface area contributed by atoms with Gasteiger partial charge in [0.2, 0.25) is 0 Å². The molecule has 0 unspecified atom stereocenters. The lowest BCUT2D eigenvalue weighted by atomic mass is 9.48. The number of nitrogens with one attached hydrogen (secondary N) is 1. The van der Waals surface area contributed by atoms with Gasteiger partial charge in [-0.3, -0.25) is 14.9 Å². The Bertz CT molecular complexity index is 764. The fourth-order valence-electron chi connectivity index (χ4n) is 5.87. The molecule has 0 aromatic heterocycles. The summed E-state index contributed by atoms with van der Waals surface area (Å²) in [7, 11) is 0. The number of nitro groups is 1. The predicted molar refractivity (Wildman–Crippen MR) is 99.0 cm³/mol. The van der Waals surface area contributed by atoms with Crippen LogP contribution in [0.1, 0.15) is 61.4 Å². The second kappa shape index (κ2) is 6.18. The van der Waals surface area contributed by atoms with Crippen LogP contribution in [0.2, 0.25) is 0 Å². The van der Waals surface area contributed by atoms with E-state index in [0.717, 1.165) is 23.5 Å². The van der Waals surface area contributed by atoms with E-state index in [1.54, 1.807) is 13.0 Å². The lowest BCUT2D eigenvalue weighted by Crippen LogP contribution is -2.49. The van der Waals surface area contributed by atoms with E-state index in [-0.39, 0.29) is 17.0 Å². The van der Waals surface area contributed by atoms with Gasteiger partial charge in [0.05, 0.1) is 4.92 Å². The average Bonchev–Trinajstić information content (AvgIpc) is 2.57. The molecular weight excluding hydrogens is 330 g/mol. The number of hydrogen-bond acceptors (Lipinski definition) is 4. The zero-order valence-corrected chi connectivity index (χ0v) is 15.3. The SMILES string of the molecule is CC(=NNC(=O)c1ccc([N+](=O)[O-])c(C)c1)C12CC3CC(CC(C3)C1)C2. The normalized spacial score (nSPS) is 32.5. The first kappa shape index (κ1) is 17.2. The Morgan fingerprint density at radius 3 is 2.27 bits per heavy atom. The second-order valence-electron chi connectivity index (χ2n) is 8.59. The van der Waals surface area contributed by atoms with E-state index >= 15 is 0 Å². The largest absolute Gasteiger partial charge is 0.272 e. The molecule has 0 saturated heterocycles. The van der Waals surface area contributed by atoms with E-state index in [9.17, 15) is 14.9 Å². The topological polar surface area (TPSA) is 84.6 Å². The Kier molecular flexibility index (Phi) is 4.09. The number of nitro benzene ring substituents is 1. The number of carbonyl (C=O) groups is 1. The Morgan fingerprint density at radius 2 is 1.77 bits per heavy atom. The average molecular weight is 355 g/mol. The van der Waals surface area contributed by atoms with Gasteiger partial charge in [0.15, 0.2) is 0 Å². The Balaban J connectivity index is 1.48. The zero-order valence-electron chi connectivity index (χ0n) is 15.3. The minimum atomic E-state index is -0.438. The van der Waals surface area contributed by atoms with Gasteiger partial charge in [0.1, 0.15) is 0 Å². The number of nitrogens with zero attached hydrogens (tertiary/aromatic N) is 2. The van der Waals surface area contributed by atoms with Crippen molar-refractivity contribution >= 4 is 17.3 Å². The van der Waals surface area contributed by atoms with Crippen molar-refractivity contribution in [3.8, 4) is 0 Å². The minimum absolute atomic E-state index is 0.0230. The summed E-state index contributed by atoms with van der Waals surface area (Å²) < 4.78 is 0. The third kappa shape index (κ3) is 2.91. The van der Waals surface area contributed by atoms with Crippen molar-refractivity contribution in [1.82, 2.24) is 5.43 Å². The van der Waals surface area contributed by atoms with Gasteiger partial charge in [0, 0.05) is 28.3 Å². The van der Waals surface area contributed by atoms with Crippen LogP contribution >= 0.6 is 0 Å². The molecule has 0 radical (unpaired) electrons. The van der Waals surface area contributed by atoms with Gasteiger partial charge >= 0.3 is 0 Å². The van der Waals surface area contributed by atoms with E-state index in [4.69, 9.17) is 0 Å². The monoisotopic (exact) mass is 355 g/mol. The van der Waals surface area contributed by atoms with Crippen LogP contribution in [0.4, 0.5) is 5.69 Å². The molecule has 6 nitrogen and oxygen atoms in total. The fraction of sp³-hybridized carbons (Fsp3) is 0.600. The second-order valence-corrected chi connectivity index (χ2v) is 8.59. The molecule has 1 amide bonds. The number of benzene rings is 1. The van der Waals surface area contributed by atoms with Crippen molar-refractivity contribution in [1.29, 1.82) is 0 Å². The van der Waals surface area contributed by atoms with E-state index in [2.05, 4.69) is 17.5 Å². The highest BCUT2D eigenvalue weighted by molar-refractivity contribution is 5.96. The van der Waals surface area contributed by atoms with Gasteiger partial charge in [0.25, 0.3) is 11.6 Å². The molecule has 26 heavy (non-hydrogen) atoms. The first-order chi connectivity index (χ1) is 12.4. The third-order valence-corrected chi connectivity index (χ3v) is 6.79. The summed E-state index contributed by atoms with van der Waals surface area (Å²) in [5.41, 5.74) is 4.80. The molecule has 5 rings (SSSR count). The van der Waals surface area contributed by atoms with Crippen molar-refractivity contribution in [2.24, 2.45) is 28.3 Å². The highest BCUT2D eigenvalue weighted by atomic mass is 16.6. The number of hydrazone groups is 1. The van der Waals surface area contributed by atoms with E-state index in [0.29, 0.717) is 11.1 Å². The highest BCUT2D eigenvalue weighted by Crippen LogP contribution is 2.60. The van der Waals surface area contributed by atoms with Crippen molar-refractivity contribution in [2.45, 2.75) is 52.4 Å². The molecule has 138 valence electrons. The molecule has 4 fully saturated rings. The maximum absolute atomic E-state index is 12.4. The van der Waals surface area contributed by atoms with E-state index < -0.39 is 4.92 Å². The van der Waals surface area contributed by atoms with Crippen LogP contribution in [0.5, 0.6) is 0 Å². The summed E-state index contributed by atoms with van der Waals surface area (Å²) in [5.74, 6) is 2.19. The van der Waals surface area contributed by atoms with Gasteiger partial charge in [-0.05, 0) is 82.3 Å². The van der Waals surface area contributed by atoms with Crippen LogP contribution < -0.4 is 5.43 Å². The first-order valence-corrected chi connectivity index (χ1v) is 9.46. The van der Waals surface area contributed by atoms with E-state index in [1.807, 2.05) is 0 Å². The summed E-state index contributed by atoms with van der Waals surface area (Å²) in [4.78, 5) is 22.9. The van der Waals surface area contributed by atoms with Crippen LogP contribution in [0.25, 0.3) is 0 Å². The van der Waals surface area contributed by atoms with E-state index in [1.165, 1.54) is 50.7 Å². The smallest absolute Gasteiger partial charge is 0.267 e. The van der Waals surface area contributed by atoms with Crippen molar-refractivity contribution in [3.05, 3.63) is 39.4 Å². The molecule has 1 aromatic carbocycles. The number of aryl methyl sites for hydroxylation is 1. The quantitative estimate of drug-likeness (QED) is 0.498. The third-order valence-electron chi connectivity index (χ3n) is 6.79. The van der Waals surface area contributed by atoms with Crippen LogP contribution in [-0.4, -0.2) is 16.5 Å². The number of rotatable bonds is 4. The summed E-state index contributed by atoms with van der Waals surface area (Å²) in [6.07, 6.45) is 7.76. The van der Waals surface area contributed by atoms with Gasteiger partial charge in [-0.15, -0.1) is 0 Å².